The Morgan fingerprint density at radius 2 is 2.00 bits per heavy atom. The molecular weight excluding hydrogens is 264 g/mol. The van der Waals surface area contributed by atoms with E-state index in [1.54, 1.807) is 7.11 Å². The molecule has 0 atom stereocenters. The first kappa shape index (κ1) is 15.6. The Hall–Kier alpha value is -1.81. The number of rotatable bonds is 6. The molecule has 4 heteroatoms. The molecule has 0 unspecified atom stereocenters. The molecule has 1 heterocycles. The number of anilines is 1. The molecule has 1 aromatic heterocycles. The van der Waals surface area contributed by atoms with Gasteiger partial charge in [0.25, 0.3) is 0 Å². The summed E-state index contributed by atoms with van der Waals surface area (Å²) in [5.74, 6) is 1.66. The molecule has 0 bridgehead atoms. The quantitative estimate of drug-likeness (QED) is 0.873. The van der Waals surface area contributed by atoms with E-state index in [4.69, 9.17) is 9.47 Å². The van der Waals surface area contributed by atoms with Crippen molar-refractivity contribution in [2.45, 2.75) is 39.4 Å². The third-order valence-electron chi connectivity index (χ3n) is 3.81. The predicted octanol–water partition coefficient (Wildman–Crippen LogP) is 3.99. The van der Waals surface area contributed by atoms with Gasteiger partial charge in [-0.2, -0.15) is 0 Å². The number of aromatic nitrogens is 1. The minimum Gasteiger partial charge on any atom is -0.497 e. The van der Waals surface area contributed by atoms with E-state index >= 15 is 0 Å². The monoisotopic (exact) mass is 288 g/mol. The van der Waals surface area contributed by atoms with Crippen molar-refractivity contribution in [3.8, 4) is 5.75 Å². The first-order valence-electron chi connectivity index (χ1n) is 7.28. The van der Waals surface area contributed by atoms with Gasteiger partial charge in [0, 0.05) is 24.1 Å². The SMILES string of the molecule is CCC(C)(C)OCc1cc2ccc(OC)cc2nc1NC. The highest BCUT2D eigenvalue weighted by molar-refractivity contribution is 5.83. The van der Waals surface area contributed by atoms with Gasteiger partial charge in [0.2, 0.25) is 0 Å². The number of hydrogen-bond acceptors (Lipinski definition) is 4. The second-order valence-electron chi connectivity index (χ2n) is 5.71. The Labute approximate surface area is 126 Å². The van der Waals surface area contributed by atoms with Gasteiger partial charge in [0.1, 0.15) is 11.6 Å². The van der Waals surface area contributed by atoms with E-state index in [1.807, 2.05) is 25.2 Å². The predicted molar refractivity (Wildman–Crippen MR) is 87.0 cm³/mol. The summed E-state index contributed by atoms with van der Waals surface area (Å²) in [7, 11) is 3.54. The van der Waals surface area contributed by atoms with Crippen LogP contribution in [0.15, 0.2) is 24.3 Å². The molecule has 2 rings (SSSR count). The smallest absolute Gasteiger partial charge is 0.131 e. The van der Waals surface area contributed by atoms with Crippen molar-refractivity contribution in [3.05, 3.63) is 29.8 Å². The van der Waals surface area contributed by atoms with Crippen LogP contribution in [0.2, 0.25) is 0 Å². The van der Waals surface area contributed by atoms with Crippen LogP contribution in [0, 0.1) is 0 Å². The molecule has 0 saturated heterocycles. The Balaban J connectivity index is 2.35. The van der Waals surface area contributed by atoms with Gasteiger partial charge < -0.3 is 14.8 Å². The van der Waals surface area contributed by atoms with E-state index in [-0.39, 0.29) is 5.60 Å². The summed E-state index contributed by atoms with van der Waals surface area (Å²) in [4.78, 5) is 4.66. The van der Waals surface area contributed by atoms with Gasteiger partial charge in [0.15, 0.2) is 0 Å². The number of nitrogens with one attached hydrogen (secondary N) is 1. The van der Waals surface area contributed by atoms with Crippen molar-refractivity contribution in [1.82, 2.24) is 4.98 Å². The molecule has 114 valence electrons. The standard InChI is InChI=1S/C17H24N2O2/c1-6-17(2,3)21-11-13-9-12-7-8-14(20-5)10-15(12)19-16(13)18-4/h7-10H,6,11H2,1-5H3,(H,18,19). The summed E-state index contributed by atoms with van der Waals surface area (Å²) in [6.45, 7) is 6.88. The molecule has 0 saturated carbocycles. The van der Waals surface area contributed by atoms with Crippen molar-refractivity contribution in [2.75, 3.05) is 19.5 Å². The van der Waals surface area contributed by atoms with Crippen molar-refractivity contribution in [2.24, 2.45) is 0 Å². The van der Waals surface area contributed by atoms with Gasteiger partial charge in [-0.1, -0.05) is 6.92 Å². The fourth-order valence-electron chi connectivity index (χ4n) is 2.02. The van der Waals surface area contributed by atoms with Crippen LogP contribution in [0.3, 0.4) is 0 Å². The van der Waals surface area contributed by atoms with Gasteiger partial charge in [-0.05, 0) is 38.5 Å². The molecule has 1 aromatic carbocycles. The molecule has 21 heavy (non-hydrogen) atoms. The fourth-order valence-corrected chi connectivity index (χ4v) is 2.02. The van der Waals surface area contributed by atoms with Crippen LogP contribution in [-0.4, -0.2) is 24.7 Å². The average molecular weight is 288 g/mol. The zero-order chi connectivity index (χ0) is 15.5. The molecule has 2 aromatic rings. The minimum absolute atomic E-state index is 0.125. The molecule has 0 radical (unpaired) electrons. The molecular formula is C17H24N2O2. The number of hydrogen-bond donors (Lipinski definition) is 1. The van der Waals surface area contributed by atoms with Crippen molar-refractivity contribution in [3.63, 3.8) is 0 Å². The molecule has 0 amide bonds. The largest absolute Gasteiger partial charge is 0.497 e. The van der Waals surface area contributed by atoms with E-state index in [0.29, 0.717) is 6.61 Å². The highest BCUT2D eigenvalue weighted by Gasteiger charge is 2.17. The highest BCUT2D eigenvalue weighted by Crippen LogP contribution is 2.26. The number of methoxy groups -OCH3 is 1. The van der Waals surface area contributed by atoms with Crippen LogP contribution < -0.4 is 10.1 Å². The molecule has 0 aliphatic carbocycles. The second-order valence-corrected chi connectivity index (χ2v) is 5.71. The number of ether oxygens (including phenoxy) is 2. The first-order chi connectivity index (χ1) is 9.99. The zero-order valence-corrected chi connectivity index (χ0v) is 13.5. The first-order valence-corrected chi connectivity index (χ1v) is 7.28. The summed E-state index contributed by atoms with van der Waals surface area (Å²) in [6, 6.07) is 8.04. The molecule has 0 fully saturated rings. The summed E-state index contributed by atoms with van der Waals surface area (Å²) in [5, 5.41) is 4.23. The lowest BCUT2D eigenvalue weighted by atomic mass is 10.1. The number of benzene rings is 1. The Morgan fingerprint density at radius 1 is 1.24 bits per heavy atom. The summed E-state index contributed by atoms with van der Waals surface area (Å²) in [6.07, 6.45) is 0.972. The van der Waals surface area contributed by atoms with E-state index in [9.17, 15) is 0 Å². The van der Waals surface area contributed by atoms with Crippen molar-refractivity contribution in [1.29, 1.82) is 0 Å². The van der Waals surface area contributed by atoms with E-state index in [2.05, 4.69) is 37.1 Å². The number of pyridine rings is 1. The van der Waals surface area contributed by atoms with Crippen LogP contribution in [0.4, 0.5) is 5.82 Å². The van der Waals surface area contributed by atoms with E-state index in [0.717, 1.165) is 34.5 Å². The fraction of sp³-hybridized carbons (Fsp3) is 0.471. The molecule has 0 spiro atoms. The molecule has 0 aliphatic rings. The van der Waals surface area contributed by atoms with Crippen LogP contribution in [0.1, 0.15) is 32.8 Å². The molecule has 4 nitrogen and oxygen atoms in total. The van der Waals surface area contributed by atoms with Gasteiger partial charge in [-0.25, -0.2) is 4.98 Å². The van der Waals surface area contributed by atoms with E-state index < -0.39 is 0 Å². The van der Waals surface area contributed by atoms with Crippen molar-refractivity contribution >= 4 is 16.7 Å². The van der Waals surface area contributed by atoms with Crippen LogP contribution in [-0.2, 0) is 11.3 Å². The van der Waals surface area contributed by atoms with E-state index in [1.165, 1.54) is 0 Å². The van der Waals surface area contributed by atoms with Gasteiger partial charge in [-0.3, -0.25) is 0 Å². The average Bonchev–Trinajstić information content (AvgIpc) is 2.51. The van der Waals surface area contributed by atoms with Crippen LogP contribution >= 0.6 is 0 Å². The third-order valence-corrected chi connectivity index (χ3v) is 3.81. The zero-order valence-electron chi connectivity index (χ0n) is 13.5. The Bertz CT molecular complexity index is 623. The van der Waals surface area contributed by atoms with Crippen LogP contribution in [0.5, 0.6) is 5.75 Å². The second kappa shape index (κ2) is 6.31. The molecule has 0 aliphatic heterocycles. The van der Waals surface area contributed by atoms with Gasteiger partial charge >= 0.3 is 0 Å². The van der Waals surface area contributed by atoms with Gasteiger partial charge in [0.05, 0.1) is 24.8 Å². The normalized spacial score (nSPS) is 11.7. The maximum atomic E-state index is 6.00. The maximum Gasteiger partial charge on any atom is 0.131 e. The topological polar surface area (TPSA) is 43.4 Å². The lowest BCUT2D eigenvalue weighted by Crippen LogP contribution is -2.23. The Morgan fingerprint density at radius 3 is 2.62 bits per heavy atom. The van der Waals surface area contributed by atoms with Gasteiger partial charge in [-0.15, -0.1) is 0 Å². The lowest BCUT2D eigenvalue weighted by Gasteiger charge is -2.24. The van der Waals surface area contributed by atoms with Crippen LogP contribution in [0.25, 0.3) is 10.9 Å². The highest BCUT2D eigenvalue weighted by atomic mass is 16.5. The lowest BCUT2D eigenvalue weighted by molar-refractivity contribution is -0.0314. The minimum atomic E-state index is -0.125. The maximum absolute atomic E-state index is 6.00. The summed E-state index contributed by atoms with van der Waals surface area (Å²) >= 11 is 0. The Kier molecular flexibility index (Phi) is 4.68. The number of fused-ring (bicyclic) bond motifs is 1. The third kappa shape index (κ3) is 3.64. The van der Waals surface area contributed by atoms with Crippen molar-refractivity contribution < 1.29 is 9.47 Å². The summed E-state index contributed by atoms with van der Waals surface area (Å²) < 4.78 is 11.2. The number of nitrogens with zero attached hydrogens (tertiary/aromatic N) is 1. The summed E-state index contributed by atoms with van der Waals surface area (Å²) in [5.41, 5.74) is 1.86. The molecule has 1 N–H and O–H groups in total.